The zero-order chi connectivity index (χ0) is 16.4. The summed E-state index contributed by atoms with van der Waals surface area (Å²) in [6.45, 7) is 3.74. The first kappa shape index (κ1) is 15.3. The summed E-state index contributed by atoms with van der Waals surface area (Å²) in [6, 6.07) is 10.4. The van der Waals surface area contributed by atoms with Gasteiger partial charge in [-0.1, -0.05) is 29.8 Å². The molecule has 0 fully saturated rings. The summed E-state index contributed by atoms with van der Waals surface area (Å²) < 4.78 is 6.95. The molecule has 0 radical (unpaired) electrons. The maximum atomic E-state index is 12.6. The molecule has 23 heavy (non-hydrogen) atoms. The van der Waals surface area contributed by atoms with Crippen LogP contribution in [0.4, 0.5) is 0 Å². The third kappa shape index (κ3) is 3.12. The van der Waals surface area contributed by atoms with Crippen LogP contribution < -0.4 is 0 Å². The lowest BCUT2D eigenvalue weighted by Crippen LogP contribution is -2.18. The molecule has 0 aliphatic carbocycles. The van der Waals surface area contributed by atoms with Crippen molar-refractivity contribution in [3.63, 3.8) is 0 Å². The Bertz CT molecular complexity index is 882. The zero-order valence-electron chi connectivity index (χ0n) is 12.8. The van der Waals surface area contributed by atoms with E-state index < -0.39 is 6.04 Å². The molecule has 0 N–H and O–H groups in total. The molecule has 2 aromatic heterocycles. The highest BCUT2D eigenvalue weighted by Crippen LogP contribution is 2.21. The molecule has 0 bridgehead atoms. The Morgan fingerprint density at radius 1 is 1.17 bits per heavy atom. The third-order valence-corrected chi connectivity index (χ3v) is 3.85. The van der Waals surface area contributed by atoms with E-state index in [1.54, 1.807) is 31.5 Å². The number of benzene rings is 1. The Labute approximate surface area is 138 Å². The summed E-state index contributed by atoms with van der Waals surface area (Å²) in [5.74, 6) is 0.316. The zero-order valence-corrected chi connectivity index (χ0v) is 13.6. The van der Waals surface area contributed by atoms with Crippen LogP contribution in [0.3, 0.4) is 0 Å². The van der Waals surface area contributed by atoms with E-state index >= 15 is 0 Å². The van der Waals surface area contributed by atoms with Crippen LogP contribution in [0.2, 0.25) is 0 Å². The van der Waals surface area contributed by atoms with E-state index in [4.69, 9.17) is 16.6 Å². The van der Waals surface area contributed by atoms with Gasteiger partial charge in [0.05, 0.1) is 0 Å². The fourth-order valence-electron chi connectivity index (χ4n) is 2.21. The van der Waals surface area contributed by atoms with E-state index in [1.165, 1.54) is 4.68 Å². The summed E-state index contributed by atoms with van der Waals surface area (Å²) in [5, 5.41) is 4.34. The molecule has 0 saturated carbocycles. The third-order valence-electron chi connectivity index (χ3n) is 3.58. The van der Waals surface area contributed by atoms with Crippen LogP contribution in [0.25, 0.3) is 11.5 Å². The molecule has 1 atom stereocenters. The van der Waals surface area contributed by atoms with Crippen LogP contribution in [0.5, 0.6) is 0 Å². The molecule has 5 nitrogen and oxygen atoms in total. The van der Waals surface area contributed by atoms with Crippen molar-refractivity contribution in [3.05, 3.63) is 64.8 Å². The van der Waals surface area contributed by atoms with E-state index in [-0.39, 0.29) is 10.6 Å². The summed E-state index contributed by atoms with van der Waals surface area (Å²) in [7, 11) is 0. The number of hydrogen-bond donors (Lipinski definition) is 0. The monoisotopic (exact) mass is 325 g/mol. The van der Waals surface area contributed by atoms with Crippen molar-refractivity contribution >= 4 is 18.0 Å². The summed E-state index contributed by atoms with van der Waals surface area (Å²) >= 11 is 5.21. The van der Waals surface area contributed by atoms with Gasteiger partial charge in [-0.15, -0.1) is 5.10 Å². The highest BCUT2D eigenvalue weighted by atomic mass is 32.1. The second-order valence-corrected chi connectivity index (χ2v) is 5.61. The number of Topliss-reactive ketones (excluding diaryl/α,β-unsaturated/α-hetero) is 1. The topological polar surface area (TPSA) is 60.9 Å². The molecule has 0 aliphatic rings. The highest BCUT2D eigenvalue weighted by Gasteiger charge is 2.21. The second-order valence-electron chi connectivity index (χ2n) is 5.26. The molecule has 0 saturated heterocycles. The van der Waals surface area contributed by atoms with E-state index in [2.05, 4.69) is 10.1 Å². The van der Waals surface area contributed by atoms with Gasteiger partial charge < -0.3 is 4.42 Å². The standard InChI is InChI=1S/C17H15N3O2S/c1-11-3-5-13(6-4-11)15(21)12(2)20-17(23)22-16(19-20)14-7-9-18-10-8-14/h3-10,12H,1-2H3/t12-/m0/s1. The van der Waals surface area contributed by atoms with Gasteiger partial charge in [0.1, 0.15) is 6.04 Å². The molecule has 1 aromatic carbocycles. The van der Waals surface area contributed by atoms with Gasteiger partial charge in [0.25, 0.3) is 4.84 Å². The molecule has 2 heterocycles. The van der Waals surface area contributed by atoms with Crippen molar-refractivity contribution in [2.75, 3.05) is 0 Å². The lowest BCUT2D eigenvalue weighted by atomic mass is 10.0. The van der Waals surface area contributed by atoms with Crippen LogP contribution in [0.15, 0.2) is 53.2 Å². The van der Waals surface area contributed by atoms with Crippen LogP contribution in [-0.4, -0.2) is 20.5 Å². The van der Waals surface area contributed by atoms with Crippen LogP contribution in [-0.2, 0) is 0 Å². The Kier molecular flexibility index (Phi) is 4.16. The molecule has 3 aromatic rings. The number of pyridine rings is 1. The Morgan fingerprint density at radius 3 is 2.48 bits per heavy atom. The number of carbonyl (C=O) groups excluding carboxylic acids is 1. The first-order chi connectivity index (χ1) is 11.1. The number of nitrogens with zero attached hydrogens (tertiary/aromatic N) is 3. The quantitative estimate of drug-likeness (QED) is 0.535. The largest absolute Gasteiger partial charge is 0.409 e. The Balaban J connectivity index is 1.92. The maximum absolute atomic E-state index is 12.6. The van der Waals surface area contributed by atoms with Gasteiger partial charge in [-0.25, -0.2) is 4.68 Å². The molecule has 0 aliphatic heterocycles. The number of carbonyl (C=O) groups is 1. The first-order valence-corrected chi connectivity index (χ1v) is 7.58. The molecule has 116 valence electrons. The predicted octanol–water partition coefficient (Wildman–Crippen LogP) is 4.02. The van der Waals surface area contributed by atoms with E-state index in [1.807, 2.05) is 31.2 Å². The number of aromatic nitrogens is 3. The van der Waals surface area contributed by atoms with Gasteiger partial charge in [-0.05, 0) is 38.2 Å². The van der Waals surface area contributed by atoms with Crippen molar-refractivity contribution in [1.82, 2.24) is 14.8 Å². The van der Waals surface area contributed by atoms with Gasteiger partial charge in [-0.3, -0.25) is 9.78 Å². The second kappa shape index (κ2) is 6.26. The fraction of sp³-hybridized carbons (Fsp3) is 0.176. The van der Waals surface area contributed by atoms with Gasteiger partial charge in [-0.2, -0.15) is 0 Å². The van der Waals surface area contributed by atoms with Gasteiger partial charge in [0.15, 0.2) is 5.78 Å². The average Bonchev–Trinajstić information content (AvgIpc) is 2.97. The maximum Gasteiger partial charge on any atom is 0.287 e. The van der Waals surface area contributed by atoms with Crippen molar-refractivity contribution in [3.8, 4) is 11.5 Å². The molecule has 0 unspecified atom stereocenters. The number of ketones is 1. The smallest absolute Gasteiger partial charge is 0.287 e. The van der Waals surface area contributed by atoms with E-state index in [0.29, 0.717) is 11.5 Å². The Hall–Kier alpha value is -2.60. The molecule has 0 amide bonds. The van der Waals surface area contributed by atoms with Gasteiger partial charge in [0.2, 0.25) is 5.89 Å². The number of aryl methyl sites for hydroxylation is 1. The number of hydrogen-bond acceptors (Lipinski definition) is 5. The molecule has 3 rings (SSSR count). The van der Waals surface area contributed by atoms with Crippen LogP contribution in [0, 0.1) is 11.8 Å². The average molecular weight is 325 g/mol. The highest BCUT2D eigenvalue weighted by molar-refractivity contribution is 7.71. The van der Waals surface area contributed by atoms with Crippen molar-refractivity contribution in [2.45, 2.75) is 19.9 Å². The fourth-order valence-corrected chi connectivity index (χ4v) is 2.49. The Morgan fingerprint density at radius 2 is 1.83 bits per heavy atom. The summed E-state index contributed by atoms with van der Waals surface area (Å²) in [5.41, 5.74) is 2.49. The van der Waals surface area contributed by atoms with Crippen LogP contribution in [0.1, 0.15) is 28.9 Å². The van der Waals surface area contributed by atoms with Gasteiger partial charge >= 0.3 is 0 Å². The van der Waals surface area contributed by atoms with Crippen molar-refractivity contribution < 1.29 is 9.21 Å². The van der Waals surface area contributed by atoms with E-state index in [0.717, 1.165) is 11.1 Å². The van der Waals surface area contributed by atoms with Crippen molar-refractivity contribution in [2.24, 2.45) is 0 Å². The normalized spacial score (nSPS) is 12.1. The van der Waals surface area contributed by atoms with Crippen LogP contribution >= 0.6 is 12.2 Å². The number of rotatable bonds is 4. The minimum atomic E-state index is -0.537. The summed E-state index contributed by atoms with van der Waals surface area (Å²) in [4.78, 5) is 16.7. The SMILES string of the molecule is Cc1ccc(C(=O)[C@H](C)n2nc(-c3ccncc3)oc2=S)cc1. The minimum Gasteiger partial charge on any atom is -0.409 e. The van der Waals surface area contributed by atoms with E-state index in [9.17, 15) is 4.79 Å². The van der Waals surface area contributed by atoms with Gasteiger partial charge in [0, 0.05) is 23.5 Å². The van der Waals surface area contributed by atoms with Crippen molar-refractivity contribution in [1.29, 1.82) is 0 Å². The molecular formula is C17H15N3O2S. The lowest BCUT2D eigenvalue weighted by molar-refractivity contribution is 0.0925. The first-order valence-electron chi connectivity index (χ1n) is 7.17. The molecule has 0 spiro atoms. The predicted molar refractivity (Wildman–Crippen MR) is 88.8 cm³/mol. The minimum absolute atomic E-state index is 0.0596. The molecular weight excluding hydrogens is 310 g/mol. The molecule has 6 heteroatoms. The summed E-state index contributed by atoms with van der Waals surface area (Å²) in [6.07, 6.45) is 3.29. The lowest BCUT2D eigenvalue weighted by Gasteiger charge is -2.09.